The van der Waals surface area contributed by atoms with Gasteiger partial charge in [-0.05, 0) is 116 Å². The first-order valence-corrected chi connectivity index (χ1v) is 15.5. The van der Waals surface area contributed by atoms with Gasteiger partial charge in [0.1, 0.15) is 0 Å². The number of carbonyl (C=O) groups excluding carboxylic acids is 1. The average Bonchev–Trinajstić information content (AvgIpc) is 3.24. The lowest BCUT2D eigenvalue weighted by molar-refractivity contribution is -0.0247. The van der Waals surface area contributed by atoms with Gasteiger partial charge in [-0.15, -0.1) is 0 Å². The molecule has 0 spiro atoms. The van der Waals surface area contributed by atoms with Crippen molar-refractivity contribution in [1.82, 2.24) is 5.43 Å². The second kappa shape index (κ2) is 10.8. The molecule has 0 aliphatic heterocycles. The molecule has 0 aromatic heterocycles. The lowest BCUT2D eigenvalue weighted by Gasteiger charge is -2.56. The lowest BCUT2D eigenvalue weighted by Crippen LogP contribution is -2.49. The molecule has 0 heterocycles. The summed E-state index contributed by atoms with van der Waals surface area (Å²) in [7, 11) is 0. The molecule has 1 aromatic carbocycles. The zero-order valence-corrected chi connectivity index (χ0v) is 24.7. The molecule has 206 valence electrons. The van der Waals surface area contributed by atoms with E-state index in [1.54, 1.807) is 0 Å². The largest absolute Gasteiger partial charge is 0.271 e. The van der Waals surface area contributed by atoms with Gasteiger partial charge in [-0.25, -0.2) is 5.43 Å². The molecule has 1 aromatic rings. The molecule has 0 unspecified atom stereocenters. The van der Waals surface area contributed by atoms with Crippen LogP contribution in [0.15, 0.2) is 53.2 Å². The maximum Gasteiger partial charge on any atom is 0.271 e. The molecule has 2 saturated carbocycles. The van der Waals surface area contributed by atoms with Crippen LogP contribution in [-0.2, 0) is 0 Å². The minimum absolute atomic E-state index is 0.132. The number of nitrogens with zero attached hydrogens (tertiary/aromatic N) is 1. The van der Waals surface area contributed by atoms with Gasteiger partial charge in [0, 0.05) is 5.56 Å². The Kier molecular flexibility index (Phi) is 7.77. The van der Waals surface area contributed by atoms with Crippen LogP contribution in [0.3, 0.4) is 0 Å². The van der Waals surface area contributed by atoms with E-state index in [-0.39, 0.29) is 11.3 Å². The lowest BCUT2D eigenvalue weighted by atomic mass is 9.48. The predicted octanol–water partition coefficient (Wildman–Crippen LogP) is 8.90. The monoisotopic (exact) mass is 514 g/mol. The zero-order valence-electron chi connectivity index (χ0n) is 24.7. The minimum atomic E-state index is -0.132. The molecule has 38 heavy (non-hydrogen) atoms. The Balaban J connectivity index is 1.29. The third kappa shape index (κ3) is 5.07. The van der Waals surface area contributed by atoms with Gasteiger partial charge in [-0.2, -0.15) is 5.10 Å². The van der Waals surface area contributed by atoms with Crippen molar-refractivity contribution in [3.8, 4) is 0 Å². The first-order valence-electron chi connectivity index (χ1n) is 15.5. The number of rotatable bonds is 7. The van der Waals surface area contributed by atoms with Crippen LogP contribution >= 0.6 is 0 Å². The van der Waals surface area contributed by atoms with E-state index >= 15 is 0 Å². The number of hydrogen-bond acceptors (Lipinski definition) is 2. The molecule has 0 radical (unpaired) electrons. The Hall–Kier alpha value is -2.16. The minimum Gasteiger partial charge on any atom is -0.267 e. The molecule has 3 heteroatoms. The van der Waals surface area contributed by atoms with Crippen molar-refractivity contribution in [1.29, 1.82) is 0 Å². The number of carbonyl (C=O) groups is 1. The molecule has 5 rings (SSSR count). The average molecular weight is 515 g/mol. The Labute approximate surface area is 231 Å². The van der Waals surface area contributed by atoms with Crippen molar-refractivity contribution in [3.63, 3.8) is 0 Å². The van der Waals surface area contributed by atoms with Crippen LogP contribution in [0, 0.1) is 53.3 Å². The van der Waals surface area contributed by atoms with Crippen LogP contribution in [-0.4, -0.2) is 11.6 Å². The van der Waals surface area contributed by atoms with E-state index in [9.17, 15) is 4.79 Å². The first kappa shape index (κ1) is 27.4. The van der Waals surface area contributed by atoms with Gasteiger partial charge in [-0.1, -0.05) is 83.7 Å². The SMILES string of the molecule is Cc1cccc(C(=O)N/N=C2/C=C3C=C[C@H]4[C@@H]5CC[C@H]([C@H](C)CCCC(C)C)[C@@]5(C)CC[C@@H]4[C@@]3(C)CC2)c1. The highest BCUT2D eigenvalue weighted by Crippen LogP contribution is 2.66. The van der Waals surface area contributed by atoms with E-state index in [0.717, 1.165) is 53.7 Å². The smallest absolute Gasteiger partial charge is 0.267 e. The summed E-state index contributed by atoms with van der Waals surface area (Å²) in [5.41, 5.74) is 7.71. The van der Waals surface area contributed by atoms with Crippen LogP contribution in [0.4, 0.5) is 0 Å². The van der Waals surface area contributed by atoms with Crippen molar-refractivity contribution < 1.29 is 4.79 Å². The summed E-state index contributed by atoms with van der Waals surface area (Å²) >= 11 is 0. The summed E-state index contributed by atoms with van der Waals surface area (Å²) < 4.78 is 0. The molecule has 3 nitrogen and oxygen atoms in total. The second-order valence-corrected chi connectivity index (χ2v) is 14.1. The van der Waals surface area contributed by atoms with E-state index in [2.05, 4.69) is 63.4 Å². The molecular weight excluding hydrogens is 464 g/mol. The third-order valence-electron chi connectivity index (χ3n) is 11.3. The van der Waals surface area contributed by atoms with E-state index < -0.39 is 0 Å². The standard InChI is InChI=1S/C35H50N2O/c1-23(2)9-7-11-25(4)30-15-16-31-29-14-13-27-22-28(36-37-33(38)26-12-8-10-24(3)21-26)17-19-34(27,5)32(29)18-20-35(30,31)6/h8,10,12-14,21-23,25,29-32H,7,9,11,15-20H2,1-6H3,(H,37,38)/b36-28+/t25-,29+,30-,31+,32+,34+,35-/m1/s1. The molecule has 0 saturated heterocycles. The topological polar surface area (TPSA) is 41.5 Å². The molecule has 4 aliphatic carbocycles. The van der Waals surface area contributed by atoms with Crippen LogP contribution < -0.4 is 5.43 Å². The van der Waals surface area contributed by atoms with E-state index in [1.165, 1.54) is 50.5 Å². The molecule has 4 aliphatic rings. The third-order valence-corrected chi connectivity index (χ3v) is 11.3. The Morgan fingerprint density at radius 3 is 2.66 bits per heavy atom. The predicted molar refractivity (Wildman–Crippen MR) is 159 cm³/mol. The highest BCUT2D eigenvalue weighted by Gasteiger charge is 2.58. The Bertz CT molecular complexity index is 1130. The number of hydrogen-bond donors (Lipinski definition) is 1. The summed E-state index contributed by atoms with van der Waals surface area (Å²) in [6.07, 6.45) is 19.1. The quantitative estimate of drug-likeness (QED) is 0.363. The fourth-order valence-corrected chi connectivity index (χ4v) is 9.09. The molecule has 2 fully saturated rings. The molecule has 1 N–H and O–H groups in total. The summed E-state index contributed by atoms with van der Waals surface area (Å²) in [5.74, 6) is 4.71. The number of aryl methyl sites for hydroxylation is 1. The molecule has 0 bridgehead atoms. The van der Waals surface area contributed by atoms with Gasteiger partial charge in [0.25, 0.3) is 5.91 Å². The summed E-state index contributed by atoms with van der Waals surface area (Å²) in [5, 5.41) is 4.55. The van der Waals surface area contributed by atoms with E-state index in [1.807, 2.05) is 31.2 Å². The number of nitrogens with one attached hydrogen (secondary N) is 1. The van der Waals surface area contributed by atoms with Gasteiger partial charge in [0.15, 0.2) is 0 Å². The molecular formula is C35H50N2O. The van der Waals surface area contributed by atoms with Crippen LogP contribution in [0.2, 0.25) is 0 Å². The fraction of sp³-hybridized carbons (Fsp3) is 0.657. The number of benzene rings is 1. The maximum absolute atomic E-state index is 12.6. The first-order chi connectivity index (χ1) is 18.1. The molecule has 7 atom stereocenters. The second-order valence-electron chi connectivity index (χ2n) is 14.1. The number of hydrazone groups is 1. The van der Waals surface area contributed by atoms with Crippen molar-refractivity contribution in [2.45, 2.75) is 99.3 Å². The number of allylic oxidation sites excluding steroid dienone is 4. The summed E-state index contributed by atoms with van der Waals surface area (Å²) in [6.45, 7) is 14.5. The van der Waals surface area contributed by atoms with E-state index in [0.29, 0.717) is 16.9 Å². The van der Waals surface area contributed by atoms with Crippen molar-refractivity contribution in [3.05, 3.63) is 59.2 Å². The highest BCUT2D eigenvalue weighted by atomic mass is 16.2. The number of fused-ring (bicyclic) bond motifs is 5. The van der Waals surface area contributed by atoms with Crippen LogP contribution in [0.1, 0.15) is 108 Å². The van der Waals surface area contributed by atoms with Crippen molar-refractivity contribution in [2.24, 2.45) is 51.4 Å². The van der Waals surface area contributed by atoms with Gasteiger partial charge in [-0.3, -0.25) is 4.79 Å². The van der Waals surface area contributed by atoms with Crippen molar-refractivity contribution >= 4 is 11.6 Å². The molecule has 1 amide bonds. The fourth-order valence-electron chi connectivity index (χ4n) is 9.09. The van der Waals surface area contributed by atoms with Crippen molar-refractivity contribution in [2.75, 3.05) is 0 Å². The van der Waals surface area contributed by atoms with Gasteiger partial charge in [0.05, 0.1) is 5.71 Å². The normalized spacial score (nSPS) is 35.9. The number of amides is 1. The maximum atomic E-state index is 12.6. The van der Waals surface area contributed by atoms with Crippen LogP contribution in [0.25, 0.3) is 0 Å². The van der Waals surface area contributed by atoms with Gasteiger partial charge >= 0.3 is 0 Å². The Morgan fingerprint density at radius 2 is 1.89 bits per heavy atom. The highest BCUT2D eigenvalue weighted by molar-refractivity contribution is 6.00. The summed E-state index contributed by atoms with van der Waals surface area (Å²) in [6, 6.07) is 7.68. The van der Waals surface area contributed by atoms with Crippen LogP contribution in [0.5, 0.6) is 0 Å². The van der Waals surface area contributed by atoms with Gasteiger partial charge in [0.2, 0.25) is 0 Å². The van der Waals surface area contributed by atoms with E-state index in [4.69, 9.17) is 0 Å². The van der Waals surface area contributed by atoms with Gasteiger partial charge < -0.3 is 0 Å². The Morgan fingerprint density at radius 1 is 1.08 bits per heavy atom. The summed E-state index contributed by atoms with van der Waals surface area (Å²) in [4.78, 5) is 12.6. The zero-order chi connectivity index (χ0) is 27.1.